The Bertz CT molecular complexity index is 997. The first-order valence-corrected chi connectivity index (χ1v) is 11.1. The Balaban J connectivity index is 1.89. The number of aromatic nitrogens is 1. The molecule has 0 bridgehead atoms. The quantitative estimate of drug-likeness (QED) is 0.765. The Morgan fingerprint density at radius 2 is 1.96 bits per heavy atom. The van der Waals surface area contributed by atoms with E-state index in [4.69, 9.17) is 4.74 Å². The van der Waals surface area contributed by atoms with Crippen LogP contribution in [0.25, 0.3) is 0 Å². The van der Waals surface area contributed by atoms with E-state index in [0.717, 1.165) is 35.8 Å². The van der Waals surface area contributed by atoms with Crippen LogP contribution in [0.4, 0.5) is 0 Å². The fourth-order valence-corrected chi connectivity index (χ4v) is 3.39. The van der Waals surface area contributed by atoms with E-state index in [1.165, 1.54) is 6.08 Å². The van der Waals surface area contributed by atoms with E-state index < -0.39 is 15.9 Å². The molecular weight excluding hydrogens is 376 g/mol. The lowest BCUT2D eigenvalue weighted by Crippen LogP contribution is -2.31. The zero-order valence-corrected chi connectivity index (χ0v) is 17.0. The summed E-state index contributed by atoms with van der Waals surface area (Å²) in [6.45, 7) is 3.62. The molecule has 7 heteroatoms. The lowest BCUT2D eigenvalue weighted by atomic mass is 10.1. The minimum atomic E-state index is -3.25. The van der Waals surface area contributed by atoms with Crippen molar-refractivity contribution in [1.29, 1.82) is 0 Å². The Morgan fingerprint density at radius 1 is 1.29 bits per heavy atom. The van der Waals surface area contributed by atoms with Gasteiger partial charge in [0.05, 0.1) is 5.69 Å². The summed E-state index contributed by atoms with van der Waals surface area (Å²) in [6.07, 6.45) is 6.27. The van der Waals surface area contributed by atoms with Crippen LogP contribution in [-0.2, 0) is 9.84 Å². The Hall–Kier alpha value is -2.67. The molecule has 1 unspecified atom stereocenters. The highest BCUT2D eigenvalue weighted by Gasteiger charge is 2.30. The molecule has 6 nitrogen and oxygen atoms in total. The fourth-order valence-electron chi connectivity index (χ4n) is 2.87. The highest BCUT2D eigenvalue weighted by molar-refractivity contribution is 7.93. The lowest BCUT2D eigenvalue weighted by molar-refractivity contribution is 0.0944. The number of pyridine rings is 1. The molecule has 2 aromatic rings. The van der Waals surface area contributed by atoms with Crippen molar-refractivity contribution in [2.75, 3.05) is 6.26 Å². The van der Waals surface area contributed by atoms with Gasteiger partial charge in [-0.2, -0.15) is 0 Å². The maximum atomic E-state index is 12.8. The van der Waals surface area contributed by atoms with Crippen molar-refractivity contribution < 1.29 is 17.9 Å². The second-order valence-corrected chi connectivity index (χ2v) is 9.05. The van der Waals surface area contributed by atoms with Crippen LogP contribution >= 0.6 is 0 Å². The lowest BCUT2D eigenvalue weighted by Gasteiger charge is -2.17. The van der Waals surface area contributed by atoms with Crippen LogP contribution in [0.2, 0.25) is 0 Å². The average molecular weight is 401 g/mol. The molecule has 3 rings (SSSR count). The van der Waals surface area contributed by atoms with Crippen molar-refractivity contribution in [3.05, 3.63) is 64.8 Å². The predicted molar refractivity (Wildman–Crippen MR) is 108 cm³/mol. The molecule has 1 aliphatic carbocycles. The van der Waals surface area contributed by atoms with Crippen molar-refractivity contribution in [1.82, 2.24) is 10.3 Å². The van der Waals surface area contributed by atoms with E-state index in [9.17, 15) is 13.2 Å². The number of carbonyl (C=O) groups excluding carboxylic acids is 1. The first kappa shape index (κ1) is 20.1. The van der Waals surface area contributed by atoms with Crippen LogP contribution in [0.5, 0.6) is 11.5 Å². The van der Waals surface area contributed by atoms with Crippen LogP contribution in [0, 0.1) is 6.92 Å². The number of rotatable bonds is 7. The zero-order valence-electron chi connectivity index (χ0n) is 16.2. The summed E-state index contributed by atoms with van der Waals surface area (Å²) in [5, 5.41) is 3.86. The van der Waals surface area contributed by atoms with Crippen molar-refractivity contribution >= 4 is 15.7 Å². The van der Waals surface area contributed by atoms with Gasteiger partial charge >= 0.3 is 0 Å². The molecule has 1 aliphatic rings. The van der Waals surface area contributed by atoms with Crippen LogP contribution < -0.4 is 10.1 Å². The number of hydrogen-bond acceptors (Lipinski definition) is 5. The van der Waals surface area contributed by atoms with Gasteiger partial charge in [0.1, 0.15) is 17.1 Å². The standard InChI is InChI=1S/C21H24N2O4S/c1-14(11-12-28(3,25)26)23-21(24)18-13-22-19(16-9-10-16)15(2)20(18)27-17-7-5-4-6-8-17/h4-8,11-14,16H,9-10H2,1-3H3,(H,23,24)/b12-11+. The third-order valence-corrected chi connectivity index (χ3v) is 5.10. The number of nitrogens with one attached hydrogen (secondary N) is 1. The molecule has 0 spiro atoms. The van der Waals surface area contributed by atoms with Gasteiger partial charge in [-0.25, -0.2) is 8.42 Å². The number of carbonyl (C=O) groups is 1. The largest absolute Gasteiger partial charge is 0.456 e. The first-order chi connectivity index (χ1) is 13.2. The van der Waals surface area contributed by atoms with E-state index in [0.29, 0.717) is 23.0 Å². The summed E-state index contributed by atoms with van der Waals surface area (Å²) in [7, 11) is -3.25. The van der Waals surface area contributed by atoms with Gasteiger partial charge in [0.15, 0.2) is 9.84 Å². The summed E-state index contributed by atoms with van der Waals surface area (Å²) in [4.78, 5) is 17.3. The van der Waals surface area contributed by atoms with E-state index in [1.807, 2.05) is 37.3 Å². The smallest absolute Gasteiger partial charge is 0.257 e. The Labute approximate surface area is 165 Å². The van der Waals surface area contributed by atoms with Crippen molar-refractivity contribution in [3.63, 3.8) is 0 Å². The second kappa shape index (κ2) is 8.14. The van der Waals surface area contributed by atoms with Crippen LogP contribution in [0.15, 0.2) is 48.0 Å². The fraction of sp³-hybridized carbons (Fsp3) is 0.333. The number of ether oxygens (including phenoxy) is 1. The SMILES string of the molecule is Cc1c(C2CC2)ncc(C(=O)NC(C)/C=C/S(C)(=O)=O)c1Oc1ccccc1. The van der Waals surface area contributed by atoms with Gasteiger partial charge in [0.25, 0.3) is 5.91 Å². The van der Waals surface area contributed by atoms with Gasteiger partial charge in [-0.05, 0) is 38.8 Å². The second-order valence-electron chi connectivity index (χ2n) is 7.12. The van der Waals surface area contributed by atoms with Gasteiger partial charge in [0.2, 0.25) is 0 Å². The van der Waals surface area contributed by atoms with E-state index in [1.54, 1.807) is 13.1 Å². The van der Waals surface area contributed by atoms with Gasteiger partial charge in [-0.1, -0.05) is 24.3 Å². The molecule has 28 heavy (non-hydrogen) atoms. The molecule has 0 radical (unpaired) electrons. The molecule has 1 amide bonds. The third-order valence-electron chi connectivity index (χ3n) is 4.45. The molecule has 1 atom stereocenters. The van der Waals surface area contributed by atoms with Crippen molar-refractivity contribution in [3.8, 4) is 11.5 Å². The van der Waals surface area contributed by atoms with Crippen molar-refractivity contribution in [2.24, 2.45) is 0 Å². The minimum absolute atomic E-state index is 0.324. The Kier molecular flexibility index (Phi) is 5.84. The van der Waals surface area contributed by atoms with Gasteiger partial charge in [0, 0.05) is 35.4 Å². The summed E-state index contributed by atoms with van der Waals surface area (Å²) >= 11 is 0. The molecular formula is C21H24N2O4S. The minimum Gasteiger partial charge on any atom is -0.456 e. The molecule has 1 saturated carbocycles. The molecule has 1 N–H and O–H groups in total. The number of hydrogen-bond donors (Lipinski definition) is 1. The highest BCUT2D eigenvalue weighted by atomic mass is 32.2. The third kappa shape index (κ3) is 5.19. The average Bonchev–Trinajstić information content (AvgIpc) is 3.47. The summed E-state index contributed by atoms with van der Waals surface area (Å²) in [5.41, 5.74) is 2.15. The monoisotopic (exact) mass is 400 g/mol. The molecule has 1 aromatic heterocycles. The molecule has 1 heterocycles. The highest BCUT2D eigenvalue weighted by Crippen LogP contribution is 2.43. The van der Waals surface area contributed by atoms with Crippen LogP contribution in [-0.4, -0.2) is 31.6 Å². The first-order valence-electron chi connectivity index (χ1n) is 9.16. The van der Waals surface area contributed by atoms with Gasteiger partial charge in [-0.3, -0.25) is 9.78 Å². The topological polar surface area (TPSA) is 85.4 Å². The van der Waals surface area contributed by atoms with E-state index in [-0.39, 0.29) is 5.91 Å². The predicted octanol–water partition coefficient (Wildman–Crippen LogP) is 3.74. The van der Waals surface area contributed by atoms with Crippen LogP contribution in [0.3, 0.4) is 0 Å². The molecule has 0 saturated heterocycles. The molecule has 0 aliphatic heterocycles. The number of amides is 1. The summed E-state index contributed by atoms with van der Waals surface area (Å²) < 4.78 is 28.6. The normalized spacial score (nSPS) is 15.4. The zero-order chi connectivity index (χ0) is 20.3. The number of sulfone groups is 1. The van der Waals surface area contributed by atoms with Crippen LogP contribution in [0.1, 0.15) is 47.3 Å². The van der Waals surface area contributed by atoms with Gasteiger partial charge < -0.3 is 10.1 Å². The van der Waals surface area contributed by atoms with E-state index >= 15 is 0 Å². The maximum Gasteiger partial charge on any atom is 0.257 e. The summed E-state index contributed by atoms with van der Waals surface area (Å²) in [6, 6.07) is 8.82. The maximum absolute atomic E-state index is 12.8. The number of para-hydroxylation sites is 1. The van der Waals surface area contributed by atoms with Crippen molar-refractivity contribution in [2.45, 2.75) is 38.6 Å². The summed E-state index contributed by atoms with van der Waals surface area (Å²) in [5.74, 6) is 1.18. The molecule has 1 fully saturated rings. The number of benzene rings is 1. The Morgan fingerprint density at radius 3 is 2.57 bits per heavy atom. The number of nitrogens with zero attached hydrogens (tertiary/aromatic N) is 1. The van der Waals surface area contributed by atoms with Gasteiger partial charge in [-0.15, -0.1) is 0 Å². The molecule has 1 aromatic carbocycles. The van der Waals surface area contributed by atoms with E-state index in [2.05, 4.69) is 10.3 Å². The molecule has 148 valence electrons.